The summed E-state index contributed by atoms with van der Waals surface area (Å²) in [5, 5.41) is 1.97. The van der Waals surface area contributed by atoms with Crippen molar-refractivity contribution >= 4 is 17.2 Å². The molecule has 0 atom stereocenters. The summed E-state index contributed by atoms with van der Waals surface area (Å²) < 4.78 is 5.35. The first kappa shape index (κ1) is 12.4. The van der Waals surface area contributed by atoms with Crippen LogP contribution in [0.4, 0.5) is 0 Å². The number of carbonyl (C=O) groups excluding carboxylic acids is 1. The zero-order valence-electron chi connectivity index (χ0n) is 10.8. The first-order valence-corrected chi connectivity index (χ1v) is 7.22. The Balaban J connectivity index is 1.74. The smallest absolute Gasteiger partial charge is 0.264 e. The summed E-state index contributed by atoms with van der Waals surface area (Å²) in [6.45, 7) is 3.51. The average molecular weight is 276 g/mol. The minimum absolute atomic E-state index is 0.135. The van der Waals surface area contributed by atoms with Crippen LogP contribution < -0.4 is 0 Å². The Morgan fingerprint density at radius 1 is 1.32 bits per heavy atom. The van der Waals surface area contributed by atoms with Crippen LogP contribution in [-0.4, -0.2) is 48.9 Å². The van der Waals surface area contributed by atoms with Gasteiger partial charge in [-0.3, -0.25) is 4.79 Å². The monoisotopic (exact) mass is 276 g/mol. The molecule has 3 rings (SSSR count). The van der Waals surface area contributed by atoms with Gasteiger partial charge in [0.25, 0.3) is 5.91 Å². The summed E-state index contributed by atoms with van der Waals surface area (Å²) in [6, 6.07) is 5.69. The fraction of sp³-hybridized carbons (Fsp3) is 0.357. The minimum atomic E-state index is 0.135. The Morgan fingerprint density at radius 2 is 2.11 bits per heavy atom. The third-order valence-electron chi connectivity index (χ3n) is 3.41. The van der Waals surface area contributed by atoms with Gasteiger partial charge in [0.15, 0.2) is 0 Å². The van der Waals surface area contributed by atoms with Crippen LogP contribution in [0.2, 0.25) is 0 Å². The van der Waals surface area contributed by atoms with Gasteiger partial charge in [0.1, 0.15) is 5.76 Å². The van der Waals surface area contributed by atoms with Crippen LogP contribution in [0.3, 0.4) is 0 Å². The number of rotatable bonds is 2. The number of hydrogen-bond donors (Lipinski definition) is 0. The second-order valence-electron chi connectivity index (χ2n) is 4.77. The van der Waals surface area contributed by atoms with Crippen LogP contribution in [0.15, 0.2) is 34.3 Å². The van der Waals surface area contributed by atoms with Crippen LogP contribution in [0.1, 0.15) is 9.67 Å². The molecule has 0 bridgehead atoms. The summed E-state index contributed by atoms with van der Waals surface area (Å²) in [4.78, 5) is 17.3. The van der Waals surface area contributed by atoms with Gasteiger partial charge in [-0.2, -0.15) is 0 Å². The highest BCUT2D eigenvalue weighted by Crippen LogP contribution is 2.26. The van der Waals surface area contributed by atoms with Crippen LogP contribution in [-0.2, 0) is 0 Å². The van der Waals surface area contributed by atoms with Gasteiger partial charge in [0.05, 0.1) is 11.1 Å². The molecule has 1 amide bonds. The van der Waals surface area contributed by atoms with E-state index >= 15 is 0 Å². The number of piperazine rings is 1. The standard InChI is InChI=1S/C14H16N2O2S/c1-15-4-6-16(7-5-15)14(17)13-9-11(10-19-13)12-3-2-8-18-12/h2-3,8-10H,4-7H2,1H3. The zero-order chi connectivity index (χ0) is 13.2. The summed E-state index contributed by atoms with van der Waals surface area (Å²) in [5.74, 6) is 0.949. The molecular formula is C14H16N2O2S. The summed E-state index contributed by atoms with van der Waals surface area (Å²) in [5.41, 5.74) is 0.979. The quantitative estimate of drug-likeness (QED) is 0.845. The molecule has 3 heterocycles. The van der Waals surface area contributed by atoms with Crippen molar-refractivity contribution in [1.82, 2.24) is 9.80 Å². The lowest BCUT2D eigenvalue weighted by Gasteiger charge is -2.32. The number of likely N-dealkylation sites (N-methyl/N-ethyl adjacent to an activating group) is 1. The lowest BCUT2D eigenvalue weighted by Crippen LogP contribution is -2.46. The van der Waals surface area contributed by atoms with Crippen molar-refractivity contribution in [2.45, 2.75) is 0 Å². The predicted molar refractivity (Wildman–Crippen MR) is 75.4 cm³/mol. The fourth-order valence-electron chi connectivity index (χ4n) is 2.19. The number of furan rings is 1. The van der Waals surface area contributed by atoms with Crippen molar-refractivity contribution in [2.75, 3.05) is 33.2 Å². The van der Waals surface area contributed by atoms with Crippen molar-refractivity contribution in [1.29, 1.82) is 0 Å². The Labute approximate surface area is 116 Å². The lowest BCUT2D eigenvalue weighted by atomic mass is 10.2. The summed E-state index contributed by atoms with van der Waals surface area (Å²) >= 11 is 1.49. The largest absolute Gasteiger partial charge is 0.464 e. The molecule has 100 valence electrons. The van der Waals surface area contributed by atoms with E-state index in [4.69, 9.17) is 4.42 Å². The van der Waals surface area contributed by atoms with E-state index in [9.17, 15) is 4.79 Å². The summed E-state index contributed by atoms with van der Waals surface area (Å²) in [7, 11) is 2.09. The predicted octanol–water partition coefficient (Wildman–Crippen LogP) is 2.40. The number of carbonyl (C=O) groups is 1. The maximum Gasteiger partial charge on any atom is 0.264 e. The Kier molecular flexibility index (Phi) is 3.40. The van der Waals surface area contributed by atoms with Gasteiger partial charge in [-0.1, -0.05) is 0 Å². The molecule has 4 nitrogen and oxygen atoms in total. The van der Waals surface area contributed by atoms with Gasteiger partial charge < -0.3 is 14.2 Å². The molecule has 0 N–H and O–H groups in total. The van der Waals surface area contributed by atoms with E-state index in [1.807, 2.05) is 28.5 Å². The highest BCUT2D eigenvalue weighted by molar-refractivity contribution is 7.12. The van der Waals surface area contributed by atoms with Gasteiger partial charge in [-0.15, -0.1) is 11.3 Å². The molecule has 1 aliphatic rings. The van der Waals surface area contributed by atoms with Gasteiger partial charge in [-0.25, -0.2) is 0 Å². The molecule has 0 aromatic carbocycles. The maximum absolute atomic E-state index is 12.4. The molecule has 0 unspecified atom stereocenters. The van der Waals surface area contributed by atoms with Crippen molar-refractivity contribution in [3.63, 3.8) is 0 Å². The van der Waals surface area contributed by atoms with Crippen LogP contribution in [0, 0.1) is 0 Å². The second-order valence-corrected chi connectivity index (χ2v) is 5.68. The average Bonchev–Trinajstić information content (AvgIpc) is 3.10. The molecule has 0 saturated carbocycles. The highest BCUT2D eigenvalue weighted by atomic mass is 32.1. The SMILES string of the molecule is CN1CCN(C(=O)c2cc(-c3ccco3)cs2)CC1. The van der Waals surface area contributed by atoms with E-state index in [0.29, 0.717) is 0 Å². The fourth-order valence-corrected chi connectivity index (χ4v) is 3.05. The molecule has 1 saturated heterocycles. The number of nitrogens with zero attached hydrogens (tertiary/aromatic N) is 2. The zero-order valence-corrected chi connectivity index (χ0v) is 11.7. The van der Waals surface area contributed by atoms with E-state index in [-0.39, 0.29) is 5.91 Å². The Morgan fingerprint density at radius 3 is 2.79 bits per heavy atom. The van der Waals surface area contributed by atoms with Gasteiger partial charge in [0.2, 0.25) is 0 Å². The third kappa shape index (κ3) is 2.57. The number of thiophene rings is 1. The molecule has 0 spiro atoms. The minimum Gasteiger partial charge on any atom is -0.464 e. The van der Waals surface area contributed by atoms with E-state index in [1.54, 1.807) is 6.26 Å². The normalized spacial score (nSPS) is 16.8. The van der Waals surface area contributed by atoms with E-state index in [1.165, 1.54) is 11.3 Å². The van der Waals surface area contributed by atoms with Crippen LogP contribution >= 0.6 is 11.3 Å². The van der Waals surface area contributed by atoms with E-state index < -0.39 is 0 Å². The van der Waals surface area contributed by atoms with E-state index in [2.05, 4.69) is 11.9 Å². The Hall–Kier alpha value is -1.59. The molecular weight excluding hydrogens is 260 g/mol. The molecule has 2 aromatic rings. The Bertz CT molecular complexity index is 554. The highest BCUT2D eigenvalue weighted by Gasteiger charge is 2.21. The lowest BCUT2D eigenvalue weighted by molar-refractivity contribution is 0.0669. The van der Waals surface area contributed by atoms with Crippen molar-refractivity contribution in [3.05, 3.63) is 34.7 Å². The van der Waals surface area contributed by atoms with Crippen molar-refractivity contribution in [3.8, 4) is 11.3 Å². The molecule has 0 aliphatic carbocycles. The molecule has 19 heavy (non-hydrogen) atoms. The van der Waals surface area contributed by atoms with Gasteiger partial charge >= 0.3 is 0 Å². The molecule has 2 aromatic heterocycles. The van der Waals surface area contributed by atoms with Crippen molar-refractivity contribution in [2.24, 2.45) is 0 Å². The topological polar surface area (TPSA) is 36.7 Å². The van der Waals surface area contributed by atoms with Gasteiger partial charge in [-0.05, 0) is 25.2 Å². The second kappa shape index (κ2) is 5.19. The van der Waals surface area contributed by atoms with Crippen molar-refractivity contribution < 1.29 is 9.21 Å². The van der Waals surface area contributed by atoms with E-state index in [0.717, 1.165) is 42.4 Å². The first-order valence-electron chi connectivity index (χ1n) is 6.34. The van der Waals surface area contributed by atoms with Crippen LogP contribution in [0.25, 0.3) is 11.3 Å². The summed E-state index contributed by atoms with van der Waals surface area (Å²) in [6.07, 6.45) is 1.65. The number of hydrogen-bond acceptors (Lipinski definition) is 4. The first-order chi connectivity index (χ1) is 9.24. The van der Waals surface area contributed by atoms with Crippen LogP contribution in [0.5, 0.6) is 0 Å². The maximum atomic E-state index is 12.4. The number of amides is 1. The van der Waals surface area contributed by atoms with Gasteiger partial charge in [0, 0.05) is 37.1 Å². The molecule has 1 fully saturated rings. The molecule has 1 aliphatic heterocycles. The molecule has 5 heteroatoms. The third-order valence-corrected chi connectivity index (χ3v) is 4.32. The molecule has 0 radical (unpaired) electrons.